The van der Waals surface area contributed by atoms with Crippen LogP contribution in [0.3, 0.4) is 0 Å². The normalized spacial score (nSPS) is 42.1. The third kappa shape index (κ3) is 2.23. The van der Waals surface area contributed by atoms with Gasteiger partial charge in [-0.15, -0.1) is 0 Å². The van der Waals surface area contributed by atoms with Gasteiger partial charge in [0, 0.05) is 23.2 Å². The Morgan fingerprint density at radius 1 is 1.23 bits per heavy atom. The first-order valence-electron chi connectivity index (χ1n) is 7.59. The highest BCUT2D eigenvalue weighted by atomic mass is 79.9. The van der Waals surface area contributed by atoms with E-state index in [2.05, 4.69) is 20.7 Å². The molecule has 0 aromatic heterocycles. The maximum atomic E-state index is 7.88. The van der Waals surface area contributed by atoms with Crippen LogP contribution in [0.5, 0.6) is 0 Å². The Bertz CT molecular complexity index is 520. The van der Waals surface area contributed by atoms with Crippen LogP contribution in [-0.2, 0) is 4.74 Å². The van der Waals surface area contributed by atoms with Crippen molar-refractivity contribution in [2.24, 2.45) is 0 Å². The first-order valence-corrected chi connectivity index (χ1v) is 4.38. The lowest BCUT2D eigenvalue weighted by atomic mass is 10.3. The lowest BCUT2D eigenvalue weighted by molar-refractivity contribution is 0.122. The van der Waals surface area contributed by atoms with Gasteiger partial charge in [-0.1, -0.05) is 15.9 Å². The minimum absolute atomic E-state index is 0.00394. The molecule has 1 aromatic rings. The van der Waals surface area contributed by atoms with E-state index in [1.165, 1.54) is 24.3 Å². The summed E-state index contributed by atoms with van der Waals surface area (Å²) in [4.78, 5) is 0.440. The summed E-state index contributed by atoms with van der Waals surface area (Å²) in [5.41, 5.74) is 0.00394. The number of rotatable bonds is 1. The molecule has 0 saturated carbocycles. The topological polar surface area (TPSA) is 12.5 Å². The Hall–Kier alpha value is -0.540. The minimum atomic E-state index is -3.03. The molecule has 0 radical (unpaired) electrons. The van der Waals surface area contributed by atoms with Gasteiger partial charge >= 0.3 is 0 Å². The number of hydrogen-bond donors (Lipinski definition) is 0. The van der Waals surface area contributed by atoms with Crippen LogP contribution < -0.4 is 4.90 Å². The summed E-state index contributed by atoms with van der Waals surface area (Å²) in [6, 6.07) is 5.80. The molecule has 1 saturated heterocycles. The lowest BCUT2D eigenvalue weighted by Crippen LogP contribution is -2.36. The van der Waals surface area contributed by atoms with Crippen LogP contribution in [0.4, 0.5) is 5.69 Å². The Balaban J connectivity index is 2.64. The first kappa shape index (κ1) is 3.55. The monoisotopic (exact) mass is 249 g/mol. The summed E-state index contributed by atoms with van der Waals surface area (Å²) >= 11 is 3.19. The van der Waals surface area contributed by atoms with Crippen molar-refractivity contribution in [1.29, 1.82) is 0 Å². The van der Waals surface area contributed by atoms with Crippen molar-refractivity contribution in [3.05, 3.63) is 28.7 Å². The van der Waals surface area contributed by atoms with Crippen molar-refractivity contribution in [2.45, 2.75) is 0 Å². The highest BCUT2D eigenvalue weighted by Gasteiger charge is 2.09. The molecule has 1 aromatic carbocycles. The zero-order valence-electron chi connectivity index (χ0n) is 14.5. The maximum absolute atomic E-state index is 7.88. The molecule has 0 bridgehead atoms. The van der Waals surface area contributed by atoms with Crippen LogP contribution in [0.1, 0.15) is 11.0 Å². The van der Waals surface area contributed by atoms with Crippen LogP contribution in [-0.4, -0.2) is 26.1 Å². The standard InChI is InChI=1S/C10H12BrNO/c11-9-1-3-10(4-2-9)12-5-7-13-8-6-12/h1-4H,5-8H2/i5D2,6D2,7D2,8D2. The Morgan fingerprint density at radius 3 is 2.46 bits per heavy atom. The Morgan fingerprint density at radius 2 is 1.85 bits per heavy atom. The second-order valence-electron chi connectivity index (χ2n) is 2.34. The van der Waals surface area contributed by atoms with Gasteiger partial charge in [-0.2, -0.15) is 0 Å². The van der Waals surface area contributed by atoms with E-state index >= 15 is 0 Å². The van der Waals surface area contributed by atoms with Gasteiger partial charge in [0.15, 0.2) is 0 Å². The number of morpholine rings is 1. The number of anilines is 1. The van der Waals surface area contributed by atoms with Gasteiger partial charge in [0.1, 0.15) is 0 Å². The summed E-state index contributed by atoms with van der Waals surface area (Å²) in [5, 5.41) is 0. The van der Waals surface area contributed by atoms with E-state index in [9.17, 15) is 0 Å². The molecule has 3 heteroatoms. The van der Waals surface area contributed by atoms with Gasteiger partial charge in [-0.3, -0.25) is 0 Å². The number of benzene rings is 1. The van der Waals surface area contributed by atoms with E-state index in [1.54, 1.807) is 0 Å². The average Bonchev–Trinajstić information content (AvgIpc) is 2.28. The molecule has 0 atom stereocenters. The van der Waals surface area contributed by atoms with Gasteiger partial charge in [-0.05, 0) is 24.3 Å². The van der Waals surface area contributed by atoms with Crippen LogP contribution in [0.2, 0.25) is 0 Å². The first-order chi connectivity index (χ1) is 9.33. The predicted molar refractivity (Wildman–Crippen MR) is 57.2 cm³/mol. The third-order valence-corrected chi connectivity index (χ3v) is 2.03. The quantitative estimate of drug-likeness (QED) is 0.758. The number of nitrogens with zero attached hydrogens (tertiary/aromatic N) is 1. The molecule has 0 amide bonds. The highest BCUT2D eigenvalue weighted by molar-refractivity contribution is 9.10. The summed E-state index contributed by atoms with van der Waals surface area (Å²) in [6.45, 7) is -11.9. The molecule has 2 rings (SSSR count). The summed E-state index contributed by atoms with van der Waals surface area (Å²) in [6.07, 6.45) is 0. The fourth-order valence-corrected chi connectivity index (χ4v) is 1.17. The average molecular weight is 250 g/mol. The van der Waals surface area contributed by atoms with E-state index in [1.807, 2.05) is 0 Å². The SMILES string of the molecule is [2H]C1([2H])OC([2H])([2H])C([2H])([2H])N(c2ccc(Br)cc2)C1([2H])[2H]. The van der Waals surface area contributed by atoms with Crippen molar-refractivity contribution in [3.8, 4) is 0 Å². The maximum Gasteiger partial charge on any atom is 0.0642 e. The van der Waals surface area contributed by atoms with E-state index in [4.69, 9.17) is 11.0 Å². The van der Waals surface area contributed by atoms with Crippen molar-refractivity contribution in [1.82, 2.24) is 0 Å². The second kappa shape index (κ2) is 4.11. The summed E-state index contributed by atoms with van der Waals surface area (Å²) in [5.74, 6) is 0. The molecular formula is C10H12BrNO. The van der Waals surface area contributed by atoms with Crippen molar-refractivity contribution in [2.75, 3.05) is 31.0 Å². The fourth-order valence-electron chi connectivity index (χ4n) is 0.910. The molecule has 0 spiro atoms. The molecule has 1 aliphatic heterocycles. The summed E-state index contributed by atoms with van der Waals surface area (Å²) < 4.78 is 67.0. The van der Waals surface area contributed by atoms with E-state index in [0.717, 1.165) is 0 Å². The van der Waals surface area contributed by atoms with E-state index < -0.39 is 26.1 Å². The largest absolute Gasteiger partial charge is 0.378 e. The molecule has 70 valence electrons. The molecule has 13 heavy (non-hydrogen) atoms. The van der Waals surface area contributed by atoms with Crippen LogP contribution in [0.15, 0.2) is 28.7 Å². The van der Waals surface area contributed by atoms with Gasteiger partial charge in [0.2, 0.25) is 0 Å². The zero-order valence-corrected chi connectivity index (χ0v) is 8.13. The minimum Gasteiger partial charge on any atom is -0.378 e. The van der Waals surface area contributed by atoms with E-state index in [-0.39, 0.29) is 5.69 Å². The number of halogens is 1. The molecule has 1 fully saturated rings. The third-order valence-electron chi connectivity index (χ3n) is 1.50. The molecule has 1 aliphatic rings. The van der Waals surface area contributed by atoms with Gasteiger partial charge in [0.05, 0.1) is 24.1 Å². The van der Waals surface area contributed by atoms with Gasteiger partial charge < -0.3 is 9.64 Å². The smallest absolute Gasteiger partial charge is 0.0642 e. The fraction of sp³-hybridized carbons (Fsp3) is 0.400. The van der Waals surface area contributed by atoms with Crippen LogP contribution >= 0.6 is 15.9 Å². The molecule has 0 N–H and O–H groups in total. The predicted octanol–water partition coefficient (Wildman–Crippen LogP) is 2.29. The zero-order chi connectivity index (χ0) is 16.3. The molecule has 1 heterocycles. The molecule has 0 unspecified atom stereocenters. The van der Waals surface area contributed by atoms with E-state index in [0.29, 0.717) is 9.37 Å². The second-order valence-corrected chi connectivity index (χ2v) is 3.26. The van der Waals surface area contributed by atoms with Gasteiger partial charge in [0.25, 0.3) is 0 Å². The highest BCUT2D eigenvalue weighted by Crippen LogP contribution is 2.18. The van der Waals surface area contributed by atoms with Crippen molar-refractivity contribution >= 4 is 21.6 Å². The molecular weight excluding hydrogens is 230 g/mol. The van der Waals surface area contributed by atoms with Crippen molar-refractivity contribution in [3.63, 3.8) is 0 Å². The summed E-state index contributed by atoms with van der Waals surface area (Å²) in [7, 11) is 0. The van der Waals surface area contributed by atoms with Crippen LogP contribution in [0, 0.1) is 0 Å². The molecule has 2 nitrogen and oxygen atoms in total. The number of hydrogen-bond acceptors (Lipinski definition) is 2. The molecule has 0 aliphatic carbocycles. The Labute approximate surface area is 97.9 Å². The Kier molecular flexibility index (Phi) is 1.12. The van der Waals surface area contributed by atoms with Gasteiger partial charge in [-0.25, -0.2) is 0 Å². The van der Waals surface area contributed by atoms with Crippen LogP contribution in [0.25, 0.3) is 0 Å². The van der Waals surface area contributed by atoms with Crippen molar-refractivity contribution < 1.29 is 15.7 Å². The lowest BCUT2D eigenvalue weighted by Gasteiger charge is -2.28. The number of ether oxygens (including phenoxy) is 1.